The van der Waals surface area contributed by atoms with Crippen molar-refractivity contribution in [3.05, 3.63) is 20.8 Å². The molecule has 0 N–H and O–H groups in total. The van der Waals surface area contributed by atoms with E-state index in [9.17, 15) is 9.59 Å². The zero-order chi connectivity index (χ0) is 10.8. The normalized spacial score (nSPS) is 15.5. The van der Waals surface area contributed by atoms with Gasteiger partial charge in [0.05, 0.1) is 18.0 Å². The second-order valence-electron chi connectivity index (χ2n) is 3.06. The van der Waals surface area contributed by atoms with Crippen LogP contribution in [0.2, 0.25) is 0 Å². The van der Waals surface area contributed by atoms with Crippen molar-refractivity contribution in [2.75, 3.05) is 19.7 Å². The Morgan fingerprint density at radius 1 is 1.67 bits per heavy atom. The van der Waals surface area contributed by atoms with E-state index in [0.29, 0.717) is 18.0 Å². The first-order chi connectivity index (χ1) is 7.18. The van der Waals surface area contributed by atoms with Gasteiger partial charge in [0, 0.05) is 4.47 Å². The molecule has 0 spiro atoms. The average Bonchev–Trinajstić information content (AvgIpc) is 2.76. The molecule has 6 heteroatoms. The monoisotopic (exact) mass is 289 g/mol. The predicted octanol–water partition coefficient (Wildman–Crippen LogP) is 2.15. The summed E-state index contributed by atoms with van der Waals surface area (Å²) < 4.78 is 5.52. The summed E-state index contributed by atoms with van der Waals surface area (Å²) in [5.41, 5.74) is 0. The number of ether oxygens (including phenoxy) is 1. The molecule has 1 aromatic heterocycles. The highest BCUT2D eigenvalue weighted by molar-refractivity contribution is 9.10. The number of halogens is 1. The van der Waals surface area contributed by atoms with Crippen LogP contribution >= 0.6 is 27.3 Å². The molecule has 0 aliphatic carbocycles. The van der Waals surface area contributed by atoms with Crippen LogP contribution in [0.4, 0.5) is 4.79 Å². The third-order valence-electron chi connectivity index (χ3n) is 2.05. The molecule has 1 amide bonds. The Kier molecular flexibility index (Phi) is 3.06. The van der Waals surface area contributed by atoms with E-state index in [4.69, 9.17) is 4.74 Å². The number of hydrogen-bond donors (Lipinski definition) is 0. The van der Waals surface area contributed by atoms with E-state index < -0.39 is 6.09 Å². The molecule has 2 rings (SSSR count). The summed E-state index contributed by atoms with van der Waals surface area (Å²) >= 11 is 4.65. The quantitative estimate of drug-likeness (QED) is 0.801. The van der Waals surface area contributed by atoms with E-state index in [1.165, 1.54) is 16.2 Å². The third kappa shape index (κ3) is 2.21. The number of Topliss-reactive ketones (excluding diaryl/α,β-unsaturated/α-hetero) is 1. The summed E-state index contributed by atoms with van der Waals surface area (Å²) in [7, 11) is 0. The van der Waals surface area contributed by atoms with Gasteiger partial charge in [-0.25, -0.2) is 4.79 Å². The molecular formula is C9H8BrNO3S. The molecule has 80 valence electrons. The van der Waals surface area contributed by atoms with Crippen LogP contribution in [-0.4, -0.2) is 36.5 Å². The minimum atomic E-state index is -0.406. The number of cyclic esters (lactones) is 1. The molecule has 4 nitrogen and oxygen atoms in total. The number of hydrogen-bond acceptors (Lipinski definition) is 4. The number of amides is 1. The maximum Gasteiger partial charge on any atom is 0.410 e. The molecular weight excluding hydrogens is 282 g/mol. The van der Waals surface area contributed by atoms with Gasteiger partial charge in [-0.2, -0.15) is 0 Å². The van der Waals surface area contributed by atoms with Gasteiger partial charge in [0.2, 0.25) is 0 Å². The van der Waals surface area contributed by atoms with Crippen molar-refractivity contribution in [2.24, 2.45) is 0 Å². The topological polar surface area (TPSA) is 46.6 Å². The van der Waals surface area contributed by atoms with Crippen molar-refractivity contribution in [1.29, 1.82) is 0 Å². The fourth-order valence-corrected chi connectivity index (χ4v) is 2.83. The highest BCUT2D eigenvalue weighted by Crippen LogP contribution is 2.23. The van der Waals surface area contributed by atoms with E-state index in [0.717, 1.165) is 4.47 Å². The van der Waals surface area contributed by atoms with Crippen molar-refractivity contribution >= 4 is 39.1 Å². The molecule has 1 saturated heterocycles. The van der Waals surface area contributed by atoms with Crippen LogP contribution in [0, 0.1) is 0 Å². The lowest BCUT2D eigenvalue weighted by atomic mass is 10.3. The molecule has 1 fully saturated rings. The average molecular weight is 290 g/mol. The molecule has 1 aromatic rings. The number of nitrogens with zero attached hydrogens (tertiary/aromatic N) is 1. The summed E-state index contributed by atoms with van der Waals surface area (Å²) in [5.74, 6) is -0.0595. The Labute approximate surface area is 99.0 Å². The molecule has 0 radical (unpaired) electrons. The van der Waals surface area contributed by atoms with Gasteiger partial charge in [-0.1, -0.05) is 0 Å². The molecule has 0 unspecified atom stereocenters. The van der Waals surface area contributed by atoms with Crippen molar-refractivity contribution in [2.45, 2.75) is 0 Å². The number of carbonyl (C=O) groups is 2. The van der Waals surface area contributed by atoms with Crippen molar-refractivity contribution in [1.82, 2.24) is 4.90 Å². The number of rotatable bonds is 3. The van der Waals surface area contributed by atoms with Crippen molar-refractivity contribution in [3.63, 3.8) is 0 Å². The van der Waals surface area contributed by atoms with Gasteiger partial charge < -0.3 is 4.74 Å². The summed E-state index contributed by atoms with van der Waals surface area (Å²) in [6.45, 7) is 0.962. The van der Waals surface area contributed by atoms with Gasteiger partial charge >= 0.3 is 6.09 Å². The minimum Gasteiger partial charge on any atom is -0.448 e. The van der Waals surface area contributed by atoms with E-state index in [1.807, 2.05) is 11.4 Å². The van der Waals surface area contributed by atoms with E-state index in [1.54, 1.807) is 0 Å². The standard InChI is InChI=1S/C9H8BrNO3S/c10-6-1-4-15-8(6)7(12)5-11-2-3-14-9(11)13/h1,4H,2-3,5H2. The van der Waals surface area contributed by atoms with E-state index >= 15 is 0 Å². The van der Waals surface area contributed by atoms with Gasteiger partial charge in [0.25, 0.3) is 0 Å². The van der Waals surface area contributed by atoms with Crippen LogP contribution < -0.4 is 0 Å². The maximum absolute atomic E-state index is 11.8. The molecule has 1 aliphatic rings. The summed E-state index contributed by atoms with van der Waals surface area (Å²) in [5, 5.41) is 1.83. The van der Waals surface area contributed by atoms with Gasteiger partial charge in [0.15, 0.2) is 5.78 Å². The molecule has 1 aliphatic heterocycles. The highest BCUT2D eigenvalue weighted by atomic mass is 79.9. The summed E-state index contributed by atoms with van der Waals surface area (Å²) in [6, 6.07) is 1.82. The zero-order valence-electron chi connectivity index (χ0n) is 7.73. The van der Waals surface area contributed by atoms with Gasteiger partial charge in [-0.3, -0.25) is 9.69 Å². The second-order valence-corrected chi connectivity index (χ2v) is 4.83. The number of carbonyl (C=O) groups excluding carboxylic acids is 2. The Balaban J connectivity index is 2.04. The van der Waals surface area contributed by atoms with E-state index in [2.05, 4.69) is 15.9 Å². The first-order valence-corrected chi connectivity index (χ1v) is 6.03. The lowest BCUT2D eigenvalue weighted by Crippen LogP contribution is -2.30. The van der Waals surface area contributed by atoms with Crippen molar-refractivity contribution in [3.8, 4) is 0 Å². The summed E-state index contributed by atoms with van der Waals surface area (Å²) in [4.78, 5) is 24.9. The first-order valence-electron chi connectivity index (χ1n) is 4.36. The second kappa shape index (κ2) is 4.32. The molecule has 0 atom stereocenters. The van der Waals surface area contributed by atoms with Gasteiger partial charge in [-0.15, -0.1) is 11.3 Å². The fraction of sp³-hybridized carbons (Fsp3) is 0.333. The smallest absolute Gasteiger partial charge is 0.410 e. The largest absolute Gasteiger partial charge is 0.448 e. The van der Waals surface area contributed by atoms with Crippen LogP contribution in [-0.2, 0) is 4.74 Å². The van der Waals surface area contributed by atoms with Crippen molar-refractivity contribution < 1.29 is 14.3 Å². The van der Waals surface area contributed by atoms with Gasteiger partial charge in [0.1, 0.15) is 6.61 Å². The zero-order valence-corrected chi connectivity index (χ0v) is 10.1. The van der Waals surface area contributed by atoms with Crippen LogP contribution in [0.1, 0.15) is 9.67 Å². The van der Waals surface area contributed by atoms with Gasteiger partial charge in [-0.05, 0) is 27.4 Å². The maximum atomic E-state index is 11.8. The lowest BCUT2D eigenvalue weighted by Gasteiger charge is -2.10. The first kappa shape index (κ1) is 10.6. The lowest BCUT2D eigenvalue weighted by molar-refractivity contribution is 0.0947. The Bertz CT molecular complexity index is 404. The fourth-order valence-electron chi connectivity index (χ4n) is 1.31. The molecule has 15 heavy (non-hydrogen) atoms. The van der Waals surface area contributed by atoms with E-state index in [-0.39, 0.29) is 12.3 Å². The number of ketones is 1. The van der Waals surface area contributed by atoms with Crippen LogP contribution in [0.3, 0.4) is 0 Å². The molecule has 2 heterocycles. The SMILES string of the molecule is O=C(CN1CCOC1=O)c1sccc1Br. The Hall–Kier alpha value is -0.880. The number of thiophene rings is 1. The molecule has 0 saturated carbocycles. The predicted molar refractivity (Wildman–Crippen MR) is 59.3 cm³/mol. The highest BCUT2D eigenvalue weighted by Gasteiger charge is 2.25. The molecule has 0 bridgehead atoms. The van der Waals surface area contributed by atoms with Crippen LogP contribution in [0.25, 0.3) is 0 Å². The van der Waals surface area contributed by atoms with Crippen LogP contribution in [0.15, 0.2) is 15.9 Å². The summed E-state index contributed by atoms with van der Waals surface area (Å²) in [6.07, 6.45) is -0.406. The minimum absolute atomic E-state index is 0.0595. The van der Waals surface area contributed by atoms with Crippen LogP contribution in [0.5, 0.6) is 0 Å². The molecule has 0 aromatic carbocycles. The Morgan fingerprint density at radius 3 is 3.00 bits per heavy atom. The Morgan fingerprint density at radius 2 is 2.47 bits per heavy atom. The third-order valence-corrected chi connectivity index (χ3v) is 3.93.